The monoisotopic (exact) mass is 398 g/mol. The van der Waals surface area contributed by atoms with Gasteiger partial charge in [-0.3, -0.25) is 0 Å². The average molecular weight is 399 g/mol. The minimum absolute atomic E-state index is 0.210. The van der Waals surface area contributed by atoms with E-state index in [1.165, 1.54) is 6.07 Å². The van der Waals surface area contributed by atoms with Gasteiger partial charge < -0.3 is 0 Å². The van der Waals surface area contributed by atoms with Crippen LogP contribution in [0.5, 0.6) is 0 Å². The zero-order valence-electron chi connectivity index (χ0n) is 16.7. The fourth-order valence-corrected chi connectivity index (χ4v) is 4.74. The molecule has 0 amide bonds. The van der Waals surface area contributed by atoms with Crippen molar-refractivity contribution in [2.24, 2.45) is 0 Å². The van der Waals surface area contributed by atoms with Gasteiger partial charge in [-0.2, -0.15) is 0 Å². The molecule has 28 heavy (non-hydrogen) atoms. The van der Waals surface area contributed by atoms with Gasteiger partial charge >= 0.3 is 0 Å². The van der Waals surface area contributed by atoms with E-state index in [1.807, 2.05) is 50.8 Å². The van der Waals surface area contributed by atoms with E-state index < -0.39 is 19.7 Å². The summed E-state index contributed by atoms with van der Waals surface area (Å²) in [5, 5.41) is 0.494. The van der Waals surface area contributed by atoms with Crippen molar-refractivity contribution in [2.75, 3.05) is 0 Å². The number of hydrogen-bond acceptors (Lipinski definition) is 0. The van der Waals surface area contributed by atoms with Crippen LogP contribution in [0, 0.1) is 17.5 Å². The third-order valence-electron chi connectivity index (χ3n) is 4.99. The fraction of sp³-hybridized carbons (Fsp3) is 0.250. The third kappa shape index (κ3) is 4.07. The Bertz CT molecular complexity index is 986. The van der Waals surface area contributed by atoms with Crippen LogP contribution in [-0.4, -0.2) is 8.07 Å². The van der Waals surface area contributed by atoms with Crippen LogP contribution in [0.1, 0.15) is 18.9 Å². The van der Waals surface area contributed by atoms with E-state index in [1.54, 1.807) is 24.3 Å². The number of rotatable bonds is 5. The molecule has 0 aliphatic heterocycles. The molecule has 0 unspecified atom stereocenters. The lowest BCUT2D eigenvalue weighted by atomic mass is 9.98. The molecular weight excluding hydrogens is 373 g/mol. The summed E-state index contributed by atoms with van der Waals surface area (Å²) in [6.45, 7) is 7.99. The molecule has 0 saturated heterocycles. The standard InChI is InChI=1S/C24H25F3Si/c1-5-6-18-11-12-19(15-21(18)25)16-7-9-17(10-8-16)20-13-14-22(28(2,3)4)24(27)23(20)26/h7-15H,5-6H2,1-4H3. The molecule has 0 atom stereocenters. The second-order valence-corrected chi connectivity index (χ2v) is 13.2. The maximum Gasteiger partial charge on any atom is 0.166 e. The van der Waals surface area contributed by atoms with Crippen LogP contribution >= 0.6 is 0 Å². The molecule has 0 bridgehead atoms. The molecule has 3 rings (SSSR count). The average Bonchev–Trinajstić information content (AvgIpc) is 2.65. The van der Waals surface area contributed by atoms with Crippen LogP contribution in [0.3, 0.4) is 0 Å². The quantitative estimate of drug-likeness (QED) is 0.409. The molecule has 0 heterocycles. The number of aryl methyl sites for hydroxylation is 1. The van der Waals surface area contributed by atoms with Crippen molar-refractivity contribution in [3.05, 3.63) is 77.6 Å². The summed E-state index contributed by atoms with van der Waals surface area (Å²) in [6.07, 6.45) is 1.60. The molecule has 146 valence electrons. The first kappa shape index (κ1) is 20.4. The number of hydrogen-bond donors (Lipinski definition) is 0. The van der Waals surface area contributed by atoms with Crippen molar-refractivity contribution in [3.8, 4) is 22.3 Å². The minimum Gasteiger partial charge on any atom is -0.207 e. The Morgan fingerprint density at radius 2 is 1.32 bits per heavy atom. The number of halogens is 3. The fourth-order valence-electron chi connectivity index (χ4n) is 3.39. The van der Waals surface area contributed by atoms with Crippen LogP contribution < -0.4 is 5.19 Å². The van der Waals surface area contributed by atoms with Crippen LogP contribution in [0.15, 0.2) is 54.6 Å². The molecule has 3 aromatic rings. The Morgan fingerprint density at radius 1 is 0.714 bits per heavy atom. The van der Waals surface area contributed by atoms with Crippen molar-refractivity contribution in [1.82, 2.24) is 0 Å². The predicted octanol–water partition coefficient (Wildman–Crippen LogP) is 6.94. The van der Waals surface area contributed by atoms with Crippen LogP contribution in [0.2, 0.25) is 19.6 Å². The van der Waals surface area contributed by atoms with E-state index in [9.17, 15) is 13.2 Å². The normalized spacial score (nSPS) is 11.7. The summed E-state index contributed by atoms with van der Waals surface area (Å²) in [4.78, 5) is 0. The summed E-state index contributed by atoms with van der Waals surface area (Å²) >= 11 is 0. The smallest absolute Gasteiger partial charge is 0.166 e. The summed E-state index contributed by atoms with van der Waals surface area (Å²) in [6, 6.07) is 15.7. The topological polar surface area (TPSA) is 0 Å². The van der Waals surface area contributed by atoms with Gasteiger partial charge in [0, 0.05) is 5.56 Å². The first-order valence-corrected chi connectivity index (χ1v) is 13.1. The molecule has 0 aliphatic rings. The molecule has 0 aromatic heterocycles. The zero-order valence-corrected chi connectivity index (χ0v) is 17.7. The zero-order chi connectivity index (χ0) is 20.5. The van der Waals surface area contributed by atoms with E-state index in [2.05, 4.69) is 0 Å². The summed E-state index contributed by atoms with van der Waals surface area (Å²) in [7, 11) is -1.95. The van der Waals surface area contributed by atoms with Gasteiger partial charge in [-0.15, -0.1) is 0 Å². The number of benzene rings is 3. The molecule has 3 aromatic carbocycles. The van der Waals surface area contributed by atoms with E-state index in [0.717, 1.165) is 17.5 Å². The molecule has 0 radical (unpaired) electrons. The summed E-state index contributed by atoms with van der Waals surface area (Å²) < 4.78 is 43.4. The van der Waals surface area contributed by atoms with Gasteiger partial charge in [0.15, 0.2) is 11.6 Å². The molecular formula is C24H25F3Si. The maximum atomic E-state index is 14.7. The van der Waals surface area contributed by atoms with Gasteiger partial charge in [-0.25, -0.2) is 13.2 Å². The lowest BCUT2D eigenvalue weighted by molar-refractivity contribution is 0.516. The molecule has 0 spiro atoms. The van der Waals surface area contributed by atoms with Gasteiger partial charge in [-0.1, -0.05) is 81.5 Å². The second kappa shape index (κ2) is 7.96. The Morgan fingerprint density at radius 3 is 1.89 bits per heavy atom. The summed E-state index contributed by atoms with van der Waals surface area (Å²) in [5.41, 5.74) is 3.17. The Labute approximate surface area is 166 Å². The highest BCUT2D eigenvalue weighted by molar-refractivity contribution is 6.88. The molecule has 4 heteroatoms. The van der Waals surface area contributed by atoms with E-state index >= 15 is 0 Å². The van der Waals surface area contributed by atoms with Crippen molar-refractivity contribution in [2.45, 2.75) is 39.4 Å². The van der Waals surface area contributed by atoms with Gasteiger partial charge in [-0.05, 0) is 39.9 Å². The van der Waals surface area contributed by atoms with Gasteiger partial charge in [0.1, 0.15) is 5.82 Å². The van der Waals surface area contributed by atoms with Crippen molar-refractivity contribution >= 4 is 13.3 Å². The molecule has 0 N–H and O–H groups in total. The minimum atomic E-state index is -1.95. The lowest BCUT2D eigenvalue weighted by Crippen LogP contribution is -2.40. The van der Waals surface area contributed by atoms with Crippen LogP contribution in [0.25, 0.3) is 22.3 Å². The Hall–Kier alpha value is -2.33. The maximum absolute atomic E-state index is 14.7. The largest absolute Gasteiger partial charge is 0.207 e. The molecule has 0 aliphatic carbocycles. The van der Waals surface area contributed by atoms with E-state index in [-0.39, 0.29) is 11.4 Å². The lowest BCUT2D eigenvalue weighted by Gasteiger charge is -2.19. The first-order valence-electron chi connectivity index (χ1n) is 9.60. The highest BCUT2D eigenvalue weighted by Crippen LogP contribution is 2.29. The van der Waals surface area contributed by atoms with Gasteiger partial charge in [0.05, 0.1) is 8.07 Å². The van der Waals surface area contributed by atoms with Crippen LogP contribution in [0.4, 0.5) is 13.2 Å². The highest BCUT2D eigenvalue weighted by Gasteiger charge is 2.24. The molecule has 0 fully saturated rings. The van der Waals surface area contributed by atoms with Gasteiger partial charge in [0.2, 0.25) is 0 Å². The third-order valence-corrected chi connectivity index (χ3v) is 6.99. The predicted molar refractivity (Wildman–Crippen MR) is 114 cm³/mol. The van der Waals surface area contributed by atoms with Crippen molar-refractivity contribution in [1.29, 1.82) is 0 Å². The van der Waals surface area contributed by atoms with E-state index in [4.69, 9.17) is 0 Å². The van der Waals surface area contributed by atoms with Crippen molar-refractivity contribution in [3.63, 3.8) is 0 Å². The highest BCUT2D eigenvalue weighted by atomic mass is 28.3. The van der Waals surface area contributed by atoms with Crippen LogP contribution in [-0.2, 0) is 6.42 Å². The Balaban J connectivity index is 1.93. The van der Waals surface area contributed by atoms with Gasteiger partial charge in [0.25, 0.3) is 0 Å². The summed E-state index contributed by atoms with van der Waals surface area (Å²) in [5.74, 6) is -1.75. The Kier molecular flexibility index (Phi) is 5.80. The van der Waals surface area contributed by atoms with E-state index in [0.29, 0.717) is 22.7 Å². The van der Waals surface area contributed by atoms with Crippen molar-refractivity contribution < 1.29 is 13.2 Å². The molecule has 0 nitrogen and oxygen atoms in total. The first-order chi connectivity index (χ1) is 13.2. The second-order valence-electron chi connectivity index (χ2n) is 8.17. The molecule has 0 saturated carbocycles. The SMILES string of the molecule is CCCc1ccc(-c2ccc(-c3ccc([Si](C)(C)C)c(F)c3F)cc2)cc1F.